The summed E-state index contributed by atoms with van der Waals surface area (Å²) >= 11 is 1.75. The number of anilines is 1. The van der Waals surface area contributed by atoms with Gasteiger partial charge in [-0.3, -0.25) is 4.79 Å². The number of ether oxygens (including phenoxy) is 3. The zero-order chi connectivity index (χ0) is 19.1. The number of hydrogen-bond acceptors (Lipinski definition) is 5. The van der Waals surface area contributed by atoms with Crippen molar-refractivity contribution in [3.8, 4) is 17.2 Å². The zero-order valence-electron chi connectivity index (χ0n) is 16.2. The lowest BCUT2D eigenvalue weighted by Crippen LogP contribution is -2.23. The first-order valence-corrected chi connectivity index (χ1v) is 10.1. The van der Waals surface area contributed by atoms with Gasteiger partial charge in [0.25, 0.3) is 0 Å². The Balaban J connectivity index is 1.85. The molecule has 0 fully saturated rings. The van der Waals surface area contributed by atoms with Crippen LogP contribution in [0.2, 0.25) is 0 Å². The molecule has 2 atom stereocenters. The average molecular weight is 388 g/mol. The Morgan fingerprint density at radius 3 is 2.41 bits per heavy atom. The van der Waals surface area contributed by atoms with E-state index in [1.807, 2.05) is 12.1 Å². The highest BCUT2D eigenvalue weighted by Gasteiger charge is 2.35. The van der Waals surface area contributed by atoms with Gasteiger partial charge in [0.05, 0.1) is 26.3 Å². The highest BCUT2D eigenvalue weighted by molar-refractivity contribution is 7.16. The molecule has 1 amide bonds. The van der Waals surface area contributed by atoms with Gasteiger partial charge in [0.2, 0.25) is 11.7 Å². The molecule has 2 heterocycles. The predicted octanol–water partition coefficient (Wildman–Crippen LogP) is 4.37. The van der Waals surface area contributed by atoms with E-state index >= 15 is 0 Å². The third-order valence-corrected chi connectivity index (χ3v) is 6.82. The fourth-order valence-electron chi connectivity index (χ4n) is 4.29. The highest BCUT2D eigenvalue weighted by Crippen LogP contribution is 2.50. The van der Waals surface area contributed by atoms with Crippen LogP contribution in [0.4, 0.5) is 5.00 Å². The van der Waals surface area contributed by atoms with Gasteiger partial charge in [0.15, 0.2) is 11.5 Å². The van der Waals surface area contributed by atoms with Gasteiger partial charge in [-0.05, 0) is 54.0 Å². The summed E-state index contributed by atoms with van der Waals surface area (Å²) in [5.74, 6) is 2.59. The quantitative estimate of drug-likeness (QED) is 0.846. The Morgan fingerprint density at radius 2 is 1.78 bits per heavy atom. The van der Waals surface area contributed by atoms with Gasteiger partial charge in [-0.1, -0.05) is 6.92 Å². The molecule has 0 radical (unpaired) electrons. The van der Waals surface area contributed by atoms with Crippen LogP contribution in [0.5, 0.6) is 17.2 Å². The molecular formula is C21H25NO4S. The fourth-order valence-corrected chi connectivity index (χ4v) is 5.78. The van der Waals surface area contributed by atoms with Crippen LogP contribution in [-0.4, -0.2) is 27.2 Å². The zero-order valence-corrected chi connectivity index (χ0v) is 17.0. The molecule has 27 heavy (non-hydrogen) atoms. The van der Waals surface area contributed by atoms with Crippen LogP contribution in [0.1, 0.15) is 47.3 Å². The third-order valence-electron chi connectivity index (χ3n) is 5.63. The van der Waals surface area contributed by atoms with E-state index in [1.54, 1.807) is 32.7 Å². The van der Waals surface area contributed by atoms with Gasteiger partial charge in [-0.2, -0.15) is 0 Å². The van der Waals surface area contributed by atoms with Crippen LogP contribution < -0.4 is 19.5 Å². The maximum Gasteiger partial charge on any atom is 0.225 e. The van der Waals surface area contributed by atoms with E-state index in [4.69, 9.17) is 14.2 Å². The monoisotopic (exact) mass is 387 g/mol. The van der Waals surface area contributed by atoms with Crippen LogP contribution in [0.25, 0.3) is 0 Å². The largest absolute Gasteiger partial charge is 0.493 e. The second kappa shape index (κ2) is 7.08. The maximum absolute atomic E-state index is 12.4. The van der Waals surface area contributed by atoms with E-state index in [1.165, 1.54) is 22.4 Å². The Kier molecular flexibility index (Phi) is 4.76. The Morgan fingerprint density at radius 1 is 1.07 bits per heavy atom. The minimum absolute atomic E-state index is 0.0101. The Hall–Kier alpha value is -2.21. The molecule has 2 aliphatic rings. The molecule has 0 saturated heterocycles. The number of fused-ring (bicyclic) bond motifs is 3. The molecule has 1 aliphatic heterocycles. The molecule has 4 rings (SSSR count). The molecule has 1 aromatic carbocycles. The van der Waals surface area contributed by atoms with E-state index in [-0.39, 0.29) is 11.8 Å². The molecule has 1 N–H and O–H groups in total. The number of thiophene rings is 1. The third kappa shape index (κ3) is 3.06. The molecule has 0 bridgehead atoms. The molecular weight excluding hydrogens is 362 g/mol. The first-order chi connectivity index (χ1) is 13.0. The van der Waals surface area contributed by atoms with E-state index in [0.717, 1.165) is 23.4 Å². The molecule has 5 nitrogen and oxygen atoms in total. The summed E-state index contributed by atoms with van der Waals surface area (Å²) in [6, 6.07) is 3.95. The molecule has 6 heteroatoms. The summed E-state index contributed by atoms with van der Waals surface area (Å²) in [7, 11) is 4.84. The van der Waals surface area contributed by atoms with Crippen molar-refractivity contribution in [3.05, 3.63) is 33.7 Å². The predicted molar refractivity (Wildman–Crippen MR) is 107 cm³/mol. The van der Waals surface area contributed by atoms with Crippen LogP contribution in [0, 0.1) is 5.92 Å². The normalized spacial score (nSPS) is 21.1. The smallest absolute Gasteiger partial charge is 0.225 e. The van der Waals surface area contributed by atoms with Crippen molar-refractivity contribution in [3.63, 3.8) is 0 Å². The highest BCUT2D eigenvalue weighted by atomic mass is 32.1. The van der Waals surface area contributed by atoms with Crippen LogP contribution in [0.3, 0.4) is 0 Å². The van der Waals surface area contributed by atoms with E-state index in [0.29, 0.717) is 29.6 Å². The van der Waals surface area contributed by atoms with Crippen molar-refractivity contribution in [2.75, 3.05) is 26.6 Å². The summed E-state index contributed by atoms with van der Waals surface area (Å²) in [4.78, 5) is 13.9. The number of rotatable bonds is 4. The first-order valence-electron chi connectivity index (χ1n) is 9.29. The minimum atomic E-state index is 0.0101. The van der Waals surface area contributed by atoms with Gasteiger partial charge in [0, 0.05) is 17.2 Å². The number of benzene rings is 1. The number of nitrogens with one attached hydrogen (secondary N) is 1. The van der Waals surface area contributed by atoms with Crippen LogP contribution in [-0.2, 0) is 17.6 Å². The topological polar surface area (TPSA) is 56.8 Å². The van der Waals surface area contributed by atoms with Gasteiger partial charge in [0.1, 0.15) is 0 Å². The molecule has 2 unspecified atom stereocenters. The van der Waals surface area contributed by atoms with Crippen molar-refractivity contribution in [1.82, 2.24) is 0 Å². The molecule has 1 aromatic heterocycles. The number of carbonyl (C=O) groups is 1. The fraction of sp³-hybridized carbons (Fsp3) is 0.476. The lowest BCUT2D eigenvalue weighted by atomic mass is 9.80. The van der Waals surface area contributed by atoms with E-state index in [9.17, 15) is 4.79 Å². The molecule has 0 saturated carbocycles. The van der Waals surface area contributed by atoms with Gasteiger partial charge >= 0.3 is 0 Å². The van der Waals surface area contributed by atoms with E-state index in [2.05, 4.69) is 12.2 Å². The van der Waals surface area contributed by atoms with Crippen LogP contribution in [0.15, 0.2) is 12.1 Å². The summed E-state index contributed by atoms with van der Waals surface area (Å²) in [5, 5.41) is 4.12. The average Bonchev–Trinajstić information content (AvgIpc) is 3.02. The Labute approximate surface area is 163 Å². The lowest BCUT2D eigenvalue weighted by Gasteiger charge is -2.27. The van der Waals surface area contributed by atoms with Gasteiger partial charge < -0.3 is 19.5 Å². The van der Waals surface area contributed by atoms with Crippen molar-refractivity contribution in [2.24, 2.45) is 5.92 Å². The second-order valence-electron chi connectivity index (χ2n) is 7.36. The van der Waals surface area contributed by atoms with Gasteiger partial charge in [-0.25, -0.2) is 0 Å². The molecule has 0 spiro atoms. The minimum Gasteiger partial charge on any atom is -0.493 e. The molecule has 1 aliphatic carbocycles. The second-order valence-corrected chi connectivity index (χ2v) is 8.46. The SMILES string of the molecule is COc1cc(C2CC(=O)Nc3sc4c(c32)CCC(C)C4)cc(OC)c1OC. The number of hydrogen-bond donors (Lipinski definition) is 1. The maximum atomic E-state index is 12.4. The molecule has 2 aromatic rings. The van der Waals surface area contributed by atoms with Crippen LogP contribution >= 0.6 is 11.3 Å². The summed E-state index contributed by atoms with van der Waals surface area (Å²) < 4.78 is 16.5. The van der Waals surface area contributed by atoms with E-state index < -0.39 is 0 Å². The van der Waals surface area contributed by atoms with Crippen molar-refractivity contribution in [2.45, 2.75) is 38.5 Å². The number of carbonyl (C=O) groups excluding carboxylic acids is 1. The van der Waals surface area contributed by atoms with Crippen molar-refractivity contribution in [1.29, 1.82) is 0 Å². The lowest BCUT2D eigenvalue weighted by molar-refractivity contribution is -0.116. The number of amides is 1. The Bertz CT molecular complexity index is 864. The summed E-state index contributed by atoms with van der Waals surface area (Å²) in [6.45, 7) is 2.30. The number of methoxy groups -OCH3 is 3. The van der Waals surface area contributed by atoms with Crippen molar-refractivity contribution < 1.29 is 19.0 Å². The first kappa shape index (κ1) is 18.2. The summed E-state index contributed by atoms with van der Waals surface area (Å²) in [6.07, 6.45) is 3.82. The van der Waals surface area contributed by atoms with Crippen molar-refractivity contribution >= 4 is 22.2 Å². The van der Waals surface area contributed by atoms with Gasteiger partial charge in [-0.15, -0.1) is 11.3 Å². The molecule has 144 valence electrons. The standard InChI is InChI=1S/C21H25NO4S/c1-11-5-6-13-17(7-11)27-21-19(13)14(10-18(23)22-21)12-8-15(24-2)20(26-4)16(9-12)25-3/h8-9,11,14H,5-7,10H2,1-4H3,(H,22,23). The summed E-state index contributed by atoms with van der Waals surface area (Å²) in [5.41, 5.74) is 3.75.